The molecule has 0 saturated carbocycles. The quantitative estimate of drug-likeness (QED) is 0.00581. The van der Waals surface area contributed by atoms with E-state index in [1.165, 1.54) is 36.7 Å². The third-order valence-corrected chi connectivity index (χ3v) is 16.4. The monoisotopic (exact) mass is 1300 g/mol. The molecule has 3 aliphatic heterocycles. The molecule has 1 unspecified atom stereocenters. The van der Waals surface area contributed by atoms with Crippen molar-refractivity contribution in [3.8, 4) is 28.7 Å². The lowest BCUT2D eigenvalue weighted by molar-refractivity contribution is -0.153. The highest BCUT2D eigenvalue weighted by molar-refractivity contribution is 14.1. The maximum atomic E-state index is 13.5. The first kappa shape index (κ1) is 63.1. The van der Waals surface area contributed by atoms with Crippen molar-refractivity contribution >= 4 is 114 Å². The number of fused-ring (bicyclic) bond motifs is 1. The number of likely N-dealkylation sites (tertiary alicyclic amines) is 1. The first-order valence-electron chi connectivity index (χ1n) is 25.3. The Morgan fingerprint density at radius 2 is 1.49 bits per heavy atom. The molecule has 2 N–H and O–H groups in total. The number of rotatable bonds is 26. The van der Waals surface area contributed by atoms with Crippen molar-refractivity contribution < 1.29 is 75.5 Å². The molecule has 4 aromatic carbocycles. The van der Waals surface area contributed by atoms with Gasteiger partial charge in [-0.2, -0.15) is 0 Å². The number of esters is 1. The number of nitrogens with zero attached hydrogens (tertiary/aromatic N) is 4. The van der Waals surface area contributed by atoms with E-state index >= 15 is 0 Å². The van der Waals surface area contributed by atoms with Crippen LogP contribution in [0.2, 0.25) is 5.02 Å². The van der Waals surface area contributed by atoms with Gasteiger partial charge < -0.3 is 58.1 Å². The summed E-state index contributed by atoms with van der Waals surface area (Å²) in [5.74, 6) is -0.795. The van der Waals surface area contributed by atoms with Gasteiger partial charge in [0.05, 0.1) is 53.5 Å². The number of carbonyl (C=O) groups is 6. The molecule has 1 aromatic heterocycles. The zero-order valence-corrected chi connectivity index (χ0v) is 49.8. The number of alkyl halides is 1. The first-order valence-corrected chi connectivity index (χ1v) is 29.5. The number of β-lactam (4-membered cyclic amide) rings is 1. The van der Waals surface area contributed by atoms with Crippen LogP contribution in [0.4, 0.5) is 0 Å². The summed E-state index contributed by atoms with van der Waals surface area (Å²) < 4.78 is 55.3. The summed E-state index contributed by atoms with van der Waals surface area (Å²) in [7, 11) is 8.77. The summed E-state index contributed by atoms with van der Waals surface area (Å²) in [6, 6.07) is 24.1. The lowest BCUT2D eigenvalue weighted by Crippen LogP contribution is -2.74. The van der Waals surface area contributed by atoms with Crippen LogP contribution in [0.15, 0.2) is 118 Å². The highest BCUT2D eigenvalue weighted by Crippen LogP contribution is 2.40. The molecule has 22 nitrogen and oxygen atoms in total. The maximum Gasteiger partial charge on any atom is 0.408 e. The van der Waals surface area contributed by atoms with E-state index in [0.29, 0.717) is 56.5 Å². The molecule has 0 aliphatic carbocycles. The standard InChI is InChI=1S/C29H33ClN2O5.C26H22B2IN4O11S2/c1-34-23-9-5-21(6-10-23)19-36-26-14-13-25(29(33)31-15-18-32-16-3-4-17-32)27(30)28(26)37-20-22-7-11-24(35-2)12-8-22;1-13-30-17(10-45-13)19(32-44-18(25(37)43-27)7-28-42-12-34)22(35)31-20-23(36)33-21(15(8-29)11-46(39)24(20)33)26(38)41-9-14-3-5-16(40-2)6-4-14/h5-14H,3-4,15-20H2,1-2H3,(H,31,33);3-7,10,12,20,24H,8-9,11H2,1-2H3,(H,31,35)/b;18-7+,32-19+/t;20-,24-,46?/m.1/s1. The summed E-state index contributed by atoms with van der Waals surface area (Å²) in [6.07, 6.45) is 2.43. The van der Waals surface area contributed by atoms with E-state index in [4.69, 9.17) is 52.9 Å². The van der Waals surface area contributed by atoms with Crippen molar-refractivity contribution in [2.24, 2.45) is 5.16 Å². The van der Waals surface area contributed by atoms with Gasteiger partial charge in [0.1, 0.15) is 59.9 Å². The summed E-state index contributed by atoms with van der Waals surface area (Å²) in [5.41, 5.74) is 2.91. The minimum atomic E-state index is -1.69. The molecular formula is C55H55B2ClIN6O16S2. The largest absolute Gasteiger partial charge is 0.538 e. The first-order chi connectivity index (χ1) is 40.2. The Morgan fingerprint density at radius 1 is 0.892 bits per heavy atom. The Balaban J connectivity index is 0.000000244. The van der Waals surface area contributed by atoms with Gasteiger partial charge >= 0.3 is 27.5 Å². The fraction of sp³-hybridized carbons (Fsp3) is 0.309. The number of methoxy groups -OCH3 is 3. The van der Waals surface area contributed by atoms with E-state index in [-0.39, 0.29) is 47.8 Å². The second-order valence-electron chi connectivity index (χ2n) is 18.0. The highest BCUT2D eigenvalue weighted by Gasteiger charge is 2.57. The van der Waals surface area contributed by atoms with Crippen LogP contribution >= 0.6 is 45.5 Å². The predicted octanol–water partition coefficient (Wildman–Crippen LogP) is 5.63. The molecule has 83 heavy (non-hydrogen) atoms. The number of nitrogens with one attached hydrogen (secondary N) is 2. The zero-order chi connectivity index (χ0) is 59.4. The van der Waals surface area contributed by atoms with Crippen molar-refractivity contribution in [3.63, 3.8) is 0 Å². The molecule has 3 aliphatic rings. The van der Waals surface area contributed by atoms with Crippen molar-refractivity contribution in [1.29, 1.82) is 0 Å². The van der Waals surface area contributed by atoms with Crippen LogP contribution in [0.25, 0.3) is 0 Å². The minimum absolute atomic E-state index is 0.0249. The average Bonchev–Trinajstić information content (AvgIpc) is 2.12. The second kappa shape index (κ2) is 31.3. The third-order valence-electron chi connectivity index (χ3n) is 12.7. The zero-order valence-electron chi connectivity index (χ0n) is 45.3. The molecule has 3 atom stereocenters. The molecule has 3 radical (unpaired) electrons. The van der Waals surface area contributed by atoms with Crippen LogP contribution < -0.4 is 34.3 Å². The Morgan fingerprint density at radius 3 is 2.05 bits per heavy atom. The molecule has 0 spiro atoms. The topological polar surface area (TPSA) is 258 Å². The van der Waals surface area contributed by atoms with E-state index in [1.807, 2.05) is 71.1 Å². The van der Waals surface area contributed by atoms with Crippen LogP contribution in [-0.4, -0.2) is 145 Å². The number of halogens is 2. The number of benzene rings is 4. The summed E-state index contributed by atoms with van der Waals surface area (Å²) in [6.45, 7) is 5.76. The average molecular weight is 1300 g/mol. The van der Waals surface area contributed by atoms with Gasteiger partial charge in [-0.25, -0.2) is 14.6 Å². The van der Waals surface area contributed by atoms with Crippen molar-refractivity contribution in [3.05, 3.63) is 151 Å². The molecule has 2 saturated heterocycles. The molecule has 28 heteroatoms. The summed E-state index contributed by atoms with van der Waals surface area (Å²) in [5, 5.41) is 10.4. The number of thiazole rings is 1. The molecule has 3 amide bonds. The van der Waals surface area contributed by atoms with Crippen molar-refractivity contribution in [2.45, 2.75) is 51.0 Å². The number of hydrogen-bond donors (Lipinski definition) is 2. The smallest absolute Gasteiger partial charge is 0.408 e. The Labute approximate surface area is 505 Å². The molecule has 433 valence electrons. The van der Waals surface area contributed by atoms with Crippen LogP contribution in [-0.2, 0) is 73.5 Å². The molecule has 8 rings (SSSR count). The van der Waals surface area contributed by atoms with Crippen LogP contribution in [0.3, 0.4) is 0 Å². The van der Waals surface area contributed by atoms with E-state index in [1.54, 1.807) is 57.5 Å². The number of aromatic nitrogens is 1. The van der Waals surface area contributed by atoms with Crippen molar-refractivity contribution in [1.82, 2.24) is 25.4 Å². The van der Waals surface area contributed by atoms with Gasteiger partial charge in [0.25, 0.3) is 24.2 Å². The molecule has 2 fully saturated rings. The maximum absolute atomic E-state index is 13.5. The lowest BCUT2D eigenvalue weighted by atomic mass is 10.0. The summed E-state index contributed by atoms with van der Waals surface area (Å²) in [4.78, 5) is 88.1. The molecule has 0 bridgehead atoms. The fourth-order valence-corrected chi connectivity index (χ4v) is 11.9. The number of amides is 3. The lowest BCUT2D eigenvalue weighted by Gasteiger charge is -2.49. The predicted molar refractivity (Wildman–Crippen MR) is 316 cm³/mol. The van der Waals surface area contributed by atoms with Crippen molar-refractivity contribution in [2.75, 3.05) is 57.7 Å². The van der Waals surface area contributed by atoms with E-state index in [2.05, 4.69) is 35.0 Å². The Kier molecular flexibility index (Phi) is 23.8. The molecule has 4 heterocycles. The molecular weight excluding hydrogens is 1250 g/mol. The van der Waals surface area contributed by atoms with Gasteiger partial charge in [0, 0.05) is 22.9 Å². The number of ether oxygens (including phenoxy) is 6. The van der Waals surface area contributed by atoms with Gasteiger partial charge in [-0.15, -0.1) is 11.3 Å². The highest BCUT2D eigenvalue weighted by atomic mass is 127. The number of carbonyl (C=O) groups excluding carboxylic acids is 6. The SMILES string of the molecule is COc1ccc(COc2ccc(C(=O)NCCN3CCCC3)c(Cl)c2OCc2ccc(OC)cc2)cc1.[B]OC(=O)/C(=C\[B]OC=O)O/N=C(/C(=O)N[C@@H]1C(=O)N2C(C(=O)OCc3ccc(OC)cc3)=C(CI)CS(=O)[C@H]12)c1csc(C)n1. The minimum Gasteiger partial charge on any atom is -0.538 e. The van der Waals surface area contributed by atoms with Gasteiger partial charge in [0.15, 0.2) is 17.2 Å². The van der Waals surface area contributed by atoms with Crippen LogP contribution in [0, 0.1) is 6.92 Å². The van der Waals surface area contributed by atoms with Gasteiger partial charge in [-0.05, 0) is 110 Å². The van der Waals surface area contributed by atoms with E-state index in [0.717, 1.165) is 60.6 Å². The normalized spacial score (nSPS) is 16.6. The fourth-order valence-electron chi connectivity index (χ4n) is 8.34. The van der Waals surface area contributed by atoms with Gasteiger partial charge in [-0.1, -0.05) is 75.7 Å². The number of aryl methyl sites for hydroxylation is 1. The second-order valence-corrected chi connectivity index (χ2v) is 21.7. The molecule has 5 aromatic rings. The Hall–Kier alpha value is -7.46. The summed E-state index contributed by atoms with van der Waals surface area (Å²) >= 11 is 9.92. The van der Waals surface area contributed by atoms with Crippen LogP contribution in [0.5, 0.6) is 28.7 Å². The van der Waals surface area contributed by atoms with E-state index in [9.17, 15) is 33.0 Å². The number of hydrogen-bond acceptors (Lipinski definition) is 20. The Bertz CT molecular complexity index is 3240. The van der Waals surface area contributed by atoms with Crippen LogP contribution in [0.1, 0.15) is 50.6 Å². The van der Waals surface area contributed by atoms with Gasteiger partial charge in [-0.3, -0.25) is 28.3 Å². The van der Waals surface area contributed by atoms with Gasteiger partial charge in [0.2, 0.25) is 5.76 Å². The number of oxime groups is 1. The third kappa shape index (κ3) is 16.9. The van der Waals surface area contributed by atoms with E-state index < -0.39 is 57.4 Å².